The van der Waals surface area contributed by atoms with Gasteiger partial charge in [-0.3, -0.25) is 9.89 Å². The standard InChI is InChI=1S/C19H35N5OS.HI/c1-5-20-19(21-8-6-7-18-23-16(4)14-26-18)22-11-17-13-24(9-10-25-17)12-15(2)3;/h14-15,17H,5-13H2,1-4H3,(H2,20,21,22);1H. The molecule has 0 amide bonds. The van der Waals surface area contributed by atoms with E-state index in [0.29, 0.717) is 12.5 Å². The number of hydrogen-bond acceptors (Lipinski definition) is 5. The minimum absolute atomic E-state index is 0. The highest BCUT2D eigenvalue weighted by Crippen LogP contribution is 2.10. The number of aromatic nitrogens is 1. The number of aryl methyl sites for hydroxylation is 2. The zero-order valence-electron chi connectivity index (χ0n) is 17.2. The molecule has 0 saturated carbocycles. The third kappa shape index (κ3) is 10.0. The lowest BCUT2D eigenvalue weighted by Gasteiger charge is -2.33. The van der Waals surface area contributed by atoms with Crippen LogP contribution in [0.3, 0.4) is 0 Å². The van der Waals surface area contributed by atoms with Crippen LogP contribution in [0, 0.1) is 12.8 Å². The van der Waals surface area contributed by atoms with Gasteiger partial charge < -0.3 is 15.4 Å². The summed E-state index contributed by atoms with van der Waals surface area (Å²) in [7, 11) is 0. The normalized spacial score (nSPS) is 18.4. The molecule has 1 aliphatic rings. The van der Waals surface area contributed by atoms with Crippen LogP contribution in [-0.4, -0.2) is 67.8 Å². The van der Waals surface area contributed by atoms with Crippen molar-refractivity contribution in [3.8, 4) is 0 Å². The van der Waals surface area contributed by atoms with E-state index < -0.39 is 0 Å². The molecule has 1 atom stereocenters. The summed E-state index contributed by atoms with van der Waals surface area (Å²) in [6.07, 6.45) is 2.26. The second kappa shape index (κ2) is 13.7. The van der Waals surface area contributed by atoms with Gasteiger partial charge in [-0.1, -0.05) is 13.8 Å². The van der Waals surface area contributed by atoms with Gasteiger partial charge in [-0.2, -0.15) is 0 Å². The summed E-state index contributed by atoms with van der Waals surface area (Å²) in [6, 6.07) is 0. The Morgan fingerprint density at radius 1 is 1.44 bits per heavy atom. The topological polar surface area (TPSA) is 61.8 Å². The number of thiazole rings is 1. The van der Waals surface area contributed by atoms with Crippen LogP contribution in [0.25, 0.3) is 0 Å². The Hall–Kier alpha value is -0.450. The first kappa shape index (κ1) is 24.6. The molecule has 156 valence electrons. The van der Waals surface area contributed by atoms with Crippen LogP contribution in [0.1, 0.15) is 37.9 Å². The highest BCUT2D eigenvalue weighted by molar-refractivity contribution is 14.0. The Labute approximate surface area is 185 Å². The summed E-state index contributed by atoms with van der Waals surface area (Å²) >= 11 is 1.75. The van der Waals surface area contributed by atoms with Gasteiger partial charge in [0, 0.05) is 50.2 Å². The Morgan fingerprint density at radius 2 is 2.26 bits per heavy atom. The van der Waals surface area contributed by atoms with Gasteiger partial charge in [-0.25, -0.2) is 4.98 Å². The van der Waals surface area contributed by atoms with E-state index in [1.165, 1.54) is 5.01 Å². The van der Waals surface area contributed by atoms with Crippen molar-refractivity contribution in [2.45, 2.75) is 46.6 Å². The van der Waals surface area contributed by atoms with E-state index in [1.807, 2.05) is 6.92 Å². The number of aliphatic imine (C=N–C) groups is 1. The lowest BCUT2D eigenvalue weighted by Crippen LogP contribution is -2.46. The molecule has 0 aliphatic carbocycles. The number of ether oxygens (including phenoxy) is 1. The van der Waals surface area contributed by atoms with Crippen molar-refractivity contribution in [2.75, 3.05) is 45.9 Å². The molecule has 0 bridgehead atoms. The van der Waals surface area contributed by atoms with Crippen LogP contribution < -0.4 is 10.6 Å². The van der Waals surface area contributed by atoms with Gasteiger partial charge in [-0.05, 0) is 26.2 Å². The van der Waals surface area contributed by atoms with Crippen molar-refractivity contribution in [1.29, 1.82) is 0 Å². The monoisotopic (exact) mass is 509 g/mol. The largest absolute Gasteiger partial charge is 0.374 e. The molecule has 1 saturated heterocycles. The minimum atomic E-state index is 0. The number of nitrogens with zero attached hydrogens (tertiary/aromatic N) is 3. The summed E-state index contributed by atoms with van der Waals surface area (Å²) in [5.41, 5.74) is 1.12. The molecular weight excluding hydrogens is 473 g/mol. The molecule has 27 heavy (non-hydrogen) atoms. The van der Waals surface area contributed by atoms with Crippen LogP contribution in [0.2, 0.25) is 0 Å². The van der Waals surface area contributed by atoms with E-state index in [-0.39, 0.29) is 30.1 Å². The molecule has 2 N–H and O–H groups in total. The van der Waals surface area contributed by atoms with Crippen molar-refractivity contribution >= 4 is 41.3 Å². The molecule has 2 rings (SSSR count). The smallest absolute Gasteiger partial charge is 0.191 e. The molecule has 1 unspecified atom stereocenters. The Balaban J connectivity index is 0.00000364. The molecule has 1 fully saturated rings. The molecule has 1 aromatic rings. The number of hydrogen-bond donors (Lipinski definition) is 2. The predicted molar refractivity (Wildman–Crippen MR) is 126 cm³/mol. The summed E-state index contributed by atoms with van der Waals surface area (Å²) in [5.74, 6) is 1.57. The van der Waals surface area contributed by atoms with Crippen molar-refractivity contribution in [3.63, 3.8) is 0 Å². The van der Waals surface area contributed by atoms with Crippen molar-refractivity contribution in [2.24, 2.45) is 10.9 Å². The van der Waals surface area contributed by atoms with Gasteiger partial charge in [-0.15, -0.1) is 35.3 Å². The molecule has 0 spiro atoms. The summed E-state index contributed by atoms with van der Waals surface area (Å²) in [6.45, 7) is 15.1. The van der Waals surface area contributed by atoms with Gasteiger partial charge in [0.15, 0.2) is 5.96 Å². The predicted octanol–water partition coefficient (Wildman–Crippen LogP) is 2.91. The molecule has 0 radical (unpaired) electrons. The maximum absolute atomic E-state index is 5.89. The fraction of sp³-hybridized carbons (Fsp3) is 0.789. The van der Waals surface area contributed by atoms with Crippen molar-refractivity contribution < 1.29 is 4.74 Å². The lowest BCUT2D eigenvalue weighted by atomic mass is 10.2. The van der Waals surface area contributed by atoms with Gasteiger partial charge in [0.25, 0.3) is 0 Å². The molecule has 1 aromatic heterocycles. The number of guanidine groups is 1. The average Bonchev–Trinajstić information content (AvgIpc) is 3.01. The van der Waals surface area contributed by atoms with E-state index >= 15 is 0 Å². The summed E-state index contributed by atoms with van der Waals surface area (Å²) < 4.78 is 5.89. The zero-order valence-corrected chi connectivity index (χ0v) is 20.3. The van der Waals surface area contributed by atoms with Gasteiger partial charge in [0.05, 0.1) is 24.3 Å². The first-order valence-electron chi connectivity index (χ1n) is 9.84. The maximum Gasteiger partial charge on any atom is 0.191 e. The second-order valence-electron chi connectivity index (χ2n) is 7.28. The number of morpholine rings is 1. The van der Waals surface area contributed by atoms with Gasteiger partial charge >= 0.3 is 0 Å². The fourth-order valence-electron chi connectivity index (χ4n) is 3.07. The van der Waals surface area contributed by atoms with Crippen LogP contribution in [0.15, 0.2) is 10.4 Å². The minimum Gasteiger partial charge on any atom is -0.374 e. The lowest BCUT2D eigenvalue weighted by molar-refractivity contribution is -0.0261. The molecule has 6 nitrogen and oxygen atoms in total. The molecule has 0 aromatic carbocycles. The zero-order chi connectivity index (χ0) is 18.8. The van der Waals surface area contributed by atoms with Gasteiger partial charge in [0.2, 0.25) is 0 Å². The number of halogens is 1. The number of rotatable bonds is 9. The Kier molecular flexibility index (Phi) is 12.5. The maximum atomic E-state index is 5.89. The van der Waals surface area contributed by atoms with Crippen LogP contribution in [0.4, 0.5) is 0 Å². The quantitative estimate of drug-likeness (QED) is 0.232. The summed E-state index contributed by atoms with van der Waals surface area (Å²) in [5, 5.41) is 10.1. The van der Waals surface area contributed by atoms with Crippen LogP contribution in [-0.2, 0) is 11.2 Å². The highest BCUT2D eigenvalue weighted by atomic mass is 127. The third-order valence-electron chi connectivity index (χ3n) is 4.17. The molecule has 1 aliphatic heterocycles. The van der Waals surface area contributed by atoms with Gasteiger partial charge in [0.1, 0.15) is 0 Å². The molecule has 2 heterocycles. The second-order valence-corrected chi connectivity index (χ2v) is 8.22. The van der Waals surface area contributed by atoms with E-state index in [9.17, 15) is 0 Å². The van der Waals surface area contributed by atoms with Crippen molar-refractivity contribution in [1.82, 2.24) is 20.5 Å². The van der Waals surface area contributed by atoms with E-state index in [4.69, 9.17) is 9.73 Å². The molecule has 8 heteroatoms. The van der Waals surface area contributed by atoms with Crippen LogP contribution >= 0.6 is 35.3 Å². The fourth-order valence-corrected chi connectivity index (χ4v) is 3.89. The first-order chi connectivity index (χ1) is 12.6. The first-order valence-corrected chi connectivity index (χ1v) is 10.7. The highest BCUT2D eigenvalue weighted by Gasteiger charge is 2.20. The third-order valence-corrected chi connectivity index (χ3v) is 5.20. The van der Waals surface area contributed by atoms with Crippen LogP contribution in [0.5, 0.6) is 0 Å². The van der Waals surface area contributed by atoms with Crippen molar-refractivity contribution in [3.05, 3.63) is 16.1 Å². The number of nitrogens with one attached hydrogen (secondary N) is 2. The Bertz CT molecular complexity index is 552. The Morgan fingerprint density at radius 3 is 2.93 bits per heavy atom. The summed E-state index contributed by atoms with van der Waals surface area (Å²) in [4.78, 5) is 11.7. The SMILES string of the molecule is CCNC(=NCC1CN(CC(C)C)CCO1)NCCCc1nc(C)cs1.I. The van der Waals surface area contributed by atoms with E-state index in [1.54, 1.807) is 11.3 Å². The molecular formula is C19H36IN5OS. The van der Waals surface area contributed by atoms with E-state index in [2.05, 4.69) is 46.7 Å². The van der Waals surface area contributed by atoms with E-state index in [0.717, 1.165) is 63.8 Å². The average molecular weight is 510 g/mol.